The Bertz CT molecular complexity index is 419. The number of carbonyl (C=O) groups excluding carboxylic acids is 1. The Morgan fingerprint density at radius 3 is 2.65 bits per heavy atom. The van der Waals surface area contributed by atoms with Gasteiger partial charge in [-0.2, -0.15) is 0 Å². The van der Waals surface area contributed by atoms with E-state index in [4.69, 9.17) is 0 Å². The van der Waals surface area contributed by atoms with Gasteiger partial charge in [-0.25, -0.2) is 8.78 Å². The Labute approximate surface area is 98.8 Å². The van der Waals surface area contributed by atoms with Crippen LogP contribution >= 0.6 is 0 Å². The summed E-state index contributed by atoms with van der Waals surface area (Å²) in [4.78, 5) is 11.4. The predicted octanol–water partition coefficient (Wildman–Crippen LogP) is 2.58. The van der Waals surface area contributed by atoms with Crippen molar-refractivity contribution in [1.82, 2.24) is 0 Å². The first-order valence-electron chi connectivity index (χ1n) is 5.14. The SMILES string of the molecule is COC(=O)C(C)(C)CNc1cc(F)ccc1F. The maximum atomic E-state index is 13.3. The molecule has 0 heterocycles. The summed E-state index contributed by atoms with van der Waals surface area (Å²) in [6.45, 7) is 3.46. The van der Waals surface area contributed by atoms with E-state index in [1.807, 2.05) is 0 Å². The summed E-state index contributed by atoms with van der Waals surface area (Å²) in [6.07, 6.45) is 0. The van der Waals surface area contributed by atoms with Crippen LogP contribution in [0.25, 0.3) is 0 Å². The zero-order valence-electron chi connectivity index (χ0n) is 10.0. The molecule has 0 aliphatic heterocycles. The van der Waals surface area contributed by atoms with E-state index in [2.05, 4.69) is 10.1 Å². The van der Waals surface area contributed by atoms with Gasteiger partial charge in [0.15, 0.2) is 0 Å². The first-order valence-corrected chi connectivity index (χ1v) is 5.14. The van der Waals surface area contributed by atoms with Gasteiger partial charge in [-0.15, -0.1) is 0 Å². The van der Waals surface area contributed by atoms with Crippen LogP contribution in [0.1, 0.15) is 13.8 Å². The molecule has 0 aromatic heterocycles. The van der Waals surface area contributed by atoms with Gasteiger partial charge >= 0.3 is 5.97 Å². The highest BCUT2D eigenvalue weighted by Crippen LogP contribution is 2.21. The fourth-order valence-electron chi connectivity index (χ4n) is 1.30. The molecule has 1 N–H and O–H groups in total. The van der Waals surface area contributed by atoms with Gasteiger partial charge in [0.25, 0.3) is 0 Å². The van der Waals surface area contributed by atoms with Crippen LogP contribution in [0.3, 0.4) is 0 Å². The number of benzene rings is 1. The van der Waals surface area contributed by atoms with Crippen LogP contribution in [0.2, 0.25) is 0 Å². The lowest BCUT2D eigenvalue weighted by Gasteiger charge is -2.22. The quantitative estimate of drug-likeness (QED) is 0.826. The molecular formula is C12H15F2NO2. The molecule has 94 valence electrons. The molecule has 0 spiro atoms. The zero-order chi connectivity index (χ0) is 13.1. The van der Waals surface area contributed by atoms with Crippen LogP contribution in [0.15, 0.2) is 18.2 Å². The number of ether oxygens (including phenoxy) is 1. The summed E-state index contributed by atoms with van der Waals surface area (Å²) in [7, 11) is 1.28. The van der Waals surface area contributed by atoms with Crippen molar-refractivity contribution in [3.8, 4) is 0 Å². The number of hydrogen-bond donors (Lipinski definition) is 1. The van der Waals surface area contributed by atoms with E-state index in [0.717, 1.165) is 18.2 Å². The lowest BCUT2D eigenvalue weighted by Crippen LogP contribution is -2.33. The van der Waals surface area contributed by atoms with Gasteiger partial charge in [-0.05, 0) is 32.0 Å². The van der Waals surface area contributed by atoms with Crippen LogP contribution in [-0.2, 0) is 9.53 Å². The monoisotopic (exact) mass is 243 g/mol. The summed E-state index contributed by atoms with van der Waals surface area (Å²) >= 11 is 0. The minimum absolute atomic E-state index is 0.0296. The average Bonchev–Trinajstić information content (AvgIpc) is 2.29. The molecule has 1 aromatic carbocycles. The Balaban J connectivity index is 2.73. The molecule has 0 amide bonds. The van der Waals surface area contributed by atoms with Gasteiger partial charge in [0.1, 0.15) is 11.6 Å². The van der Waals surface area contributed by atoms with Crippen LogP contribution in [0, 0.1) is 17.0 Å². The van der Waals surface area contributed by atoms with Crippen molar-refractivity contribution < 1.29 is 18.3 Å². The number of nitrogens with one attached hydrogen (secondary N) is 1. The summed E-state index contributed by atoms with van der Waals surface area (Å²) in [5, 5.41) is 2.69. The highest BCUT2D eigenvalue weighted by Gasteiger charge is 2.28. The van der Waals surface area contributed by atoms with Gasteiger partial charge in [0.05, 0.1) is 18.2 Å². The maximum absolute atomic E-state index is 13.3. The fraction of sp³-hybridized carbons (Fsp3) is 0.417. The molecule has 3 nitrogen and oxygen atoms in total. The first kappa shape index (κ1) is 13.4. The molecule has 0 saturated heterocycles. The molecule has 0 bridgehead atoms. The van der Waals surface area contributed by atoms with Crippen molar-refractivity contribution >= 4 is 11.7 Å². The summed E-state index contributed by atoms with van der Waals surface area (Å²) in [5.74, 6) is -1.52. The summed E-state index contributed by atoms with van der Waals surface area (Å²) in [5.41, 5.74) is -0.782. The highest BCUT2D eigenvalue weighted by atomic mass is 19.1. The standard InChI is InChI=1S/C12H15F2NO2/c1-12(2,11(16)17-3)7-15-10-6-8(13)4-5-9(10)14/h4-6,15H,7H2,1-3H3. The van der Waals surface area contributed by atoms with Crippen LogP contribution in [-0.4, -0.2) is 19.6 Å². The molecule has 0 aliphatic rings. The van der Waals surface area contributed by atoms with E-state index < -0.39 is 23.0 Å². The molecule has 0 aliphatic carbocycles. The van der Waals surface area contributed by atoms with E-state index in [-0.39, 0.29) is 12.2 Å². The predicted molar refractivity (Wildman–Crippen MR) is 60.6 cm³/mol. The third kappa shape index (κ3) is 3.41. The van der Waals surface area contributed by atoms with E-state index >= 15 is 0 Å². The molecule has 1 rings (SSSR count). The normalized spacial score (nSPS) is 11.1. The van der Waals surface area contributed by atoms with Crippen molar-refractivity contribution in [3.05, 3.63) is 29.8 Å². The van der Waals surface area contributed by atoms with Crippen molar-refractivity contribution in [2.24, 2.45) is 5.41 Å². The van der Waals surface area contributed by atoms with Crippen molar-refractivity contribution in [2.75, 3.05) is 19.0 Å². The highest BCUT2D eigenvalue weighted by molar-refractivity contribution is 5.76. The number of anilines is 1. The average molecular weight is 243 g/mol. The van der Waals surface area contributed by atoms with E-state index in [0.29, 0.717) is 0 Å². The fourth-order valence-corrected chi connectivity index (χ4v) is 1.30. The van der Waals surface area contributed by atoms with Crippen molar-refractivity contribution in [2.45, 2.75) is 13.8 Å². The van der Waals surface area contributed by atoms with Gasteiger partial charge in [0, 0.05) is 6.54 Å². The third-order valence-electron chi connectivity index (χ3n) is 2.39. The Morgan fingerprint density at radius 1 is 1.41 bits per heavy atom. The second-order valence-electron chi connectivity index (χ2n) is 4.35. The molecular weight excluding hydrogens is 228 g/mol. The Hall–Kier alpha value is -1.65. The van der Waals surface area contributed by atoms with Crippen molar-refractivity contribution in [1.29, 1.82) is 0 Å². The summed E-state index contributed by atoms with van der Waals surface area (Å²) < 4.78 is 30.8. The third-order valence-corrected chi connectivity index (χ3v) is 2.39. The van der Waals surface area contributed by atoms with Gasteiger partial charge in [-0.1, -0.05) is 0 Å². The molecule has 0 fully saturated rings. The number of carbonyl (C=O) groups is 1. The molecule has 0 saturated carbocycles. The Morgan fingerprint density at radius 2 is 2.06 bits per heavy atom. The molecule has 0 unspecified atom stereocenters. The van der Waals surface area contributed by atoms with Crippen molar-refractivity contribution in [3.63, 3.8) is 0 Å². The van der Waals surface area contributed by atoms with E-state index in [1.165, 1.54) is 7.11 Å². The van der Waals surface area contributed by atoms with Crippen LogP contribution < -0.4 is 5.32 Å². The number of esters is 1. The minimum atomic E-state index is -0.812. The number of rotatable bonds is 4. The topological polar surface area (TPSA) is 38.3 Å². The molecule has 0 atom stereocenters. The lowest BCUT2D eigenvalue weighted by molar-refractivity contribution is -0.149. The maximum Gasteiger partial charge on any atom is 0.313 e. The molecule has 5 heteroatoms. The van der Waals surface area contributed by atoms with E-state index in [9.17, 15) is 13.6 Å². The second kappa shape index (κ2) is 5.12. The molecule has 1 aromatic rings. The second-order valence-corrected chi connectivity index (χ2v) is 4.35. The smallest absolute Gasteiger partial charge is 0.313 e. The molecule has 17 heavy (non-hydrogen) atoms. The van der Waals surface area contributed by atoms with Gasteiger partial charge in [-0.3, -0.25) is 4.79 Å². The van der Waals surface area contributed by atoms with Crippen LogP contribution in [0.4, 0.5) is 14.5 Å². The summed E-state index contributed by atoms with van der Waals surface area (Å²) in [6, 6.07) is 3.11. The van der Waals surface area contributed by atoms with Gasteiger partial charge < -0.3 is 10.1 Å². The molecule has 0 radical (unpaired) electrons. The largest absolute Gasteiger partial charge is 0.469 e. The number of hydrogen-bond acceptors (Lipinski definition) is 3. The van der Waals surface area contributed by atoms with E-state index in [1.54, 1.807) is 13.8 Å². The zero-order valence-corrected chi connectivity index (χ0v) is 10.0. The number of methoxy groups -OCH3 is 1. The number of halogens is 2. The minimum Gasteiger partial charge on any atom is -0.469 e. The Kier molecular flexibility index (Phi) is 4.04. The van der Waals surface area contributed by atoms with Crippen LogP contribution in [0.5, 0.6) is 0 Å². The lowest BCUT2D eigenvalue weighted by atomic mass is 9.93. The first-order chi connectivity index (χ1) is 7.86. The van der Waals surface area contributed by atoms with Gasteiger partial charge in [0.2, 0.25) is 0 Å².